The zero-order valence-electron chi connectivity index (χ0n) is 12.6. The molecule has 0 unspecified atom stereocenters. The molecule has 0 aliphatic carbocycles. The van der Waals surface area contributed by atoms with Crippen LogP contribution >= 0.6 is 0 Å². The second kappa shape index (κ2) is 5.29. The number of ether oxygens (including phenoxy) is 2. The van der Waals surface area contributed by atoms with E-state index in [1.54, 1.807) is 0 Å². The third-order valence-corrected chi connectivity index (χ3v) is 3.93. The van der Waals surface area contributed by atoms with Crippen LogP contribution in [0.25, 0.3) is 0 Å². The molecule has 2 aliphatic heterocycles. The van der Waals surface area contributed by atoms with E-state index in [-0.39, 0.29) is 11.6 Å². The minimum atomic E-state index is -0.442. The van der Waals surface area contributed by atoms with Gasteiger partial charge in [0.15, 0.2) is 0 Å². The van der Waals surface area contributed by atoms with Crippen molar-refractivity contribution in [1.29, 1.82) is 0 Å². The van der Waals surface area contributed by atoms with Gasteiger partial charge in [0.25, 0.3) is 0 Å². The normalized spacial score (nSPS) is 24.5. The molecule has 0 atom stereocenters. The first-order valence-electron chi connectivity index (χ1n) is 7.09. The molecule has 2 fully saturated rings. The Hall–Kier alpha value is -0.810. The predicted molar refractivity (Wildman–Crippen MR) is 73.2 cm³/mol. The molecule has 1 spiro atoms. The fourth-order valence-corrected chi connectivity index (χ4v) is 2.78. The maximum atomic E-state index is 12.4. The Morgan fingerprint density at radius 1 is 1.21 bits per heavy atom. The molecule has 2 heterocycles. The van der Waals surface area contributed by atoms with Crippen LogP contribution in [0.2, 0.25) is 0 Å². The Labute approximate surface area is 115 Å². The lowest BCUT2D eigenvalue weighted by Gasteiger charge is -2.50. The smallest absolute Gasteiger partial charge is 0.410 e. The number of rotatable bonds is 0. The van der Waals surface area contributed by atoms with Crippen LogP contribution in [0.1, 0.15) is 33.6 Å². The van der Waals surface area contributed by atoms with Gasteiger partial charge in [0.1, 0.15) is 5.60 Å². The molecule has 0 radical (unpaired) electrons. The molecular weight excluding hydrogens is 244 g/mol. The fraction of sp³-hybridized carbons (Fsp3) is 0.929. The molecule has 0 aromatic rings. The summed E-state index contributed by atoms with van der Waals surface area (Å²) in [5.41, 5.74) is -0.602. The number of carbonyl (C=O) groups is 1. The summed E-state index contributed by atoms with van der Waals surface area (Å²) in [6, 6.07) is 0. The molecule has 1 amide bonds. The van der Waals surface area contributed by atoms with Crippen molar-refractivity contribution < 1.29 is 14.3 Å². The molecule has 0 aromatic heterocycles. The van der Waals surface area contributed by atoms with E-state index in [1.165, 1.54) is 0 Å². The highest BCUT2D eigenvalue weighted by atomic mass is 16.6. The van der Waals surface area contributed by atoms with Gasteiger partial charge in [0.2, 0.25) is 0 Å². The first-order valence-corrected chi connectivity index (χ1v) is 7.09. The van der Waals surface area contributed by atoms with E-state index >= 15 is 0 Å². The van der Waals surface area contributed by atoms with Gasteiger partial charge in [-0.25, -0.2) is 4.79 Å². The lowest BCUT2D eigenvalue weighted by atomic mass is 9.86. The summed E-state index contributed by atoms with van der Waals surface area (Å²) < 4.78 is 11.2. The topological polar surface area (TPSA) is 42.0 Å². The second-order valence-electron chi connectivity index (χ2n) is 6.71. The number of piperidine rings is 1. The summed E-state index contributed by atoms with van der Waals surface area (Å²) in [7, 11) is 2.12. The van der Waals surface area contributed by atoms with Crippen molar-refractivity contribution in [3.05, 3.63) is 0 Å². The Morgan fingerprint density at radius 2 is 1.84 bits per heavy atom. The highest BCUT2D eigenvalue weighted by Gasteiger charge is 2.45. The largest absolute Gasteiger partial charge is 0.444 e. The van der Waals surface area contributed by atoms with Crippen LogP contribution in [0, 0.1) is 0 Å². The maximum absolute atomic E-state index is 12.4. The molecule has 0 aromatic carbocycles. The van der Waals surface area contributed by atoms with E-state index < -0.39 is 5.60 Å². The van der Waals surface area contributed by atoms with Crippen molar-refractivity contribution in [3.63, 3.8) is 0 Å². The van der Waals surface area contributed by atoms with E-state index in [2.05, 4.69) is 11.9 Å². The van der Waals surface area contributed by atoms with Crippen LogP contribution in [0.4, 0.5) is 4.79 Å². The molecule has 0 bridgehead atoms. The van der Waals surface area contributed by atoms with Gasteiger partial charge in [0.05, 0.1) is 18.8 Å². The van der Waals surface area contributed by atoms with Gasteiger partial charge in [-0.15, -0.1) is 0 Å². The van der Waals surface area contributed by atoms with Crippen LogP contribution in [0.5, 0.6) is 0 Å². The number of nitrogens with zero attached hydrogens (tertiary/aromatic N) is 2. The third-order valence-electron chi connectivity index (χ3n) is 3.93. The van der Waals surface area contributed by atoms with Gasteiger partial charge < -0.3 is 14.4 Å². The van der Waals surface area contributed by atoms with Gasteiger partial charge >= 0.3 is 6.09 Å². The van der Waals surface area contributed by atoms with Crippen molar-refractivity contribution in [3.8, 4) is 0 Å². The molecule has 0 N–H and O–H groups in total. The Balaban J connectivity index is 2.10. The Bertz CT molecular complexity index is 330. The van der Waals surface area contributed by atoms with Gasteiger partial charge in [-0.1, -0.05) is 0 Å². The third kappa shape index (κ3) is 3.39. The number of morpholine rings is 1. The van der Waals surface area contributed by atoms with E-state index in [0.717, 1.165) is 25.9 Å². The van der Waals surface area contributed by atoms with Gasteiger partial charge in [-0.3, -0.25) is 4.90 Å². The summed E-state index contributed by atoms with van der Waals surface area (Å²) in [6.07, 6.45) is 1.73. The van der Waals surface area contributed by atoms with Crippen LogP contribution in [-0.4, -0.2) is 66.9 Å². The zero-order chi connectivity index (χ0) is 14.1. The van der Waals surface area contributed by atoms with Crippen LogP contribution in [-0.2, 0) is 9.47 Å². The highest BCUT2D eigenvalue weighted by molar-refractivity contribution is 5.69. The van der Waals surface area contributed by atoms with Crippen LogP contribution < -0.4 is 0 Å². The molecule has 5 heteroatoms. The number of likely N-dealkylation sites (tertiary alicyclic amines) is 1. The first kappa shape index (κ1) is 14.6. The number of hydrogen-bond donors (Lipinski definition) is 0. The van der Waals surface area contributed by atoms with Crippen molar-refractivity contribution in [2.24, 2.45) is 0 Å². The minimum absolute atomic E-state index is 0.160. The molecule has 110 valence electrons. The molecule has 2 rings (SSSR count). The Morgan fingerprint density at radius 3 is 2.42 bits per heavy atom. The lowest BCUT2D eigenvalue weighted by Crippen LogP contribution is -2.63. The van der Waals surface area contributed by atoms with E-state index in [9.17, 15) is 4.79 Å². The summed E-state index contributed by atoms with van der Waals surface area (Å²) in [6.45, 7) is 9.62. The lowest BCUT2D eigenvalue weighted by molar-refractivity contribution is -0.0938. The molecule has 19 heavy (non-hydrogen) atoms. The summed E-state index contributed by atoms with van der Waals surface area (Å²) >= 11 is 0. The molecule has 2 aliphatic rings. The van der Waals surface area contributed by atoms with Gasteiger partial charge in [-0.05, 0) is 40.7 Å². The van der Waals surface area contributed by atoms with Crippen molar-refractivity contribution in [2.75, 3.05) is 39.9 Å². The zero-order valence-corrected chi connectivity index (χ0v) is 12.6. The predicted octanol–water partition coefficient (Wildman–Crippen LogP) is 1.72. The SMILES string of the molecule is CN1CCC2(CC1)COCCN2C(=O)OC(C)(C)C. The maximum Gasteiger partial charge on any atom is 0.410 e. The quantitative estimate of drug-likeness (QED) is 0.672. The fourth-order valence-electron chi connectivity index (χ4n) is 2.78. The van der Waals surface area contributed by atoms with E-state index in [0.29, 0.717) is 19.8 Å². The molecule has 0 saturated carbocycles. The summed E-state index contributed by atoms with van der Waals surface area (Å²) in [4.78, 5) is 16.6. The second-order valence-corrected chi connectivity index (χ2v) is 6.71. The standard InChI is InChI=1S/C14H26N2O3/c1-13(2,3)19-12(17)16-9-10-18-11-14(16)5-7-15(4)8-6-14/h5-11H2,1-4H3. The average Bonchev–Trinajstić information content (AvgIpc) is 2.31. The Kier molecular flexibility index (Phi) is 4.06. The van der Waals surface area contributed by atoms with Crippen molar-refractivity contribution in [1.82, 2.24) is 9.80 Å². The number of carbonyl (C=O) groups excluding carboxylic acids is 1. The van der Waals surface area contributed by atoms with Crippen LogP contribution in [0.3, 0.4) is 0 Å². The van der Waals surface area contributed by atoms with Gasteiger partial charge in [-0.2, -0.15) is 0 Å². The molecule has 5 nitrogen and oxygen atoms in total. The molecule has 2 saturated heterocycles. The van der Waals surface area contributed by atoms with Crippen molar-refractivity contribution in [2.45, 2.75) is 44.8 Å². The first-order chi connectivity index (χ1) is 8.82. The molecular formula is C14H26N2O3. The highest BCUT2D eigenvalue weighted by Crippen LogP contribution is 2.32. The van der Waals surface area contributed by atoms with E-state index in [1.807, 2.05) is 25.7 Å². The van der Waals surface area contributed by atoms with Crippen LogP contribution in [0.15, 0.2) is 0 Å². The number of hydrogen-bond acceptors (Lipinski definition) is 4. The average molecular weight is 270 g/mol. The summed E-state index contributed by atoms with van der Waals surface area (Å²) in [5.74, 6) is 0. The minimum Gasteiger partial charge on any atom is -0.444 e. The monoisotopic (exact) mass is 270 g/mol. The van der Waals surface area contributed by atoms with Crippen molar-refractivity contribution >= 4 is 6.09 Å². The number of amides is 1. The summed E-state index contributed by atoms with van der Waals surface area (Å²) in [5, 5.41) is 0. The van der Waals surface area contributed by atoms with E-state index in [4.69, 9.17) is 9.47 Å². The van der Waals surface area contributed by atoms with Gasteiger partial charge in [0, 0.05) is 19.6 Å².